The topological polar surface area (TPSA) is 78.9 Å². The summed E-state index contributed by atoms with van der Waals surface area (Å²) in [6.07, 6.45) is 3.38. The van der Waals surface area contributed by atoms with Crippen LogP contribution in [0.25, 0.3) is 0 Å². The van der Waals surface area contributed by atoms with E-state index in [2.05, 4.69) is 11.4 Å². The maximum Gasteiger partial charge on any atom is 0.230 e. The molecule has 1 aliphatic carbocycles. The Balaban J connectivity index is 1.68. The van der Waals surface area contributed by atoms with E-state index in [9.17, 15) is 14.7 Å². The number of hydrogen-bond acceptors (Lipinski definition) is 5. The van der Waals surface area contributed by atoms with Gasteiger partial charge in [-0.05, 0) is 30.5 Å². The molecule has 6 aliphatic rings. The van der Waals surface area contributed by atoms with Crippen LogP contribution in [0.5, 0.6) is 5.75 Å². The molecule has 1 aromatic carbocycles. The van der Waals surface area contributed by atoms with Gasteiger partial charge in [0.25, 0.3) is 0 Å². The van der Waals surface area contributed by atoms with Gasteiger partial charge < -0.3 is 20.1 Å². The number of benzene rings is 1. The number of piperidine rings is 1. The predicted molar refractivity (Wildman–Crippen MR) is 97.6 cm³/mol. The van der Waals surface area contributed by atoms with Crippen LogP contribution in [0.2, 0.25) is 0 Å². The Bertz CT molecular complexity index is 909. The second-order valence-electron chi connectivity index (χ2n) is 8.45. The standard InChI is InChI=1S/C21H22N2O4/c24-14-3-1-2-13-19(14)23-17(26)9-15-18-12-8-16(25)21(13,20(18)23)5-6-22-10-11(12)4-7-27-15/h1-4,12,15,18,20,22,24H,5-10H2. The van der Waals surface area contributed by atoms with Crippen molar-refractivity contribution in [2.45, 2.75) is 36.8 Å². The number of ketones is 1. The van der Waals surface area contributed by atoms with E-state index in [0.717, 1.165) is 12.1 Å². The second-order valence-corrected chi connectivity index (χ2v) is 8.45. The number of phenols is 1. The molecule has 6 nitrogen and oxygen atoms in total. The van der Waals surface area contributed by atoms with Gasteiger partial charge in [-0.15, -0.1) is 0 Å². The number of aromatic hydroxyl groups is 1. The number of carbonyl (C=O) groups excluding carboxylic acids is 2. The maximum absolute atomic E-state index is 13.7. The first kappa shape index (κ1) is 15.8. The van der Waals surface area contributed by atoms with E-state index in [1.807, 2.05) is 6.07 Å². The van der Waals surface area contributed by atoms with Crippen LogP contribution in [-0.2, 0) is 19.7 Å². The molecule has 3 saturated heterocycles. The molecule has 7 rings (SSSR count). The van der Waals surface area contributed by atoms with E-state index in [1.165, 1.54) is 5.57 Å². The highest BCUT2D eigenvalue weighted by atomic mass is 16.5. The number of nitrogens with zero attached hydrogens (tertiary/aromatic N) is 1. The number of anilines is 1. The van der Waals surface area contributed by atoms with E-state index in [0.29, 0.717) is 38.1 Å². The van der Waals surface area contributed by atoms with Crippen LogP contribution in [0.3, 0.4) is 0 Å². The summed E-state index contributed by atoms with van der Waals surface area (Å²) in [6, 6.07) is 5.07. The third-order valence-electron chi connectivity index (χ3n) is 7.48. The van der Waals surface area contributed by atoms with Crippen molar-refractivity contribution in [1.82, 2.24) is 5.32 Å². The molecule has 1 aromatic rings. The Morgan fingerprint density at radius 3 is 3.04 bits per heavy atom. The largest absolute Gasteiger partial charge is 0.506 e. The van der Waals surface area contributed by atoms with E-state index >= 15 is 0 Å². The average molecular weight is 366 g/mol. The van der Waals surface area contributed by atoms with Crippen LogP contribution in [0.1, 0.15) is 24.8 Å². The van der Waals surface area contributed by atoms with E-state index in [1.54, 1.807) is 17.0 Å². The number of phenolic OH excluding ortho intramolecular Hbond substituents is 1. The molecule has 140 valence electrons. The van der Waals surface area contributed by atoms with Gasteiger partial charge >= 0.3 is 0 Å². The summed E-state index contributed by atoms with van der Waals surface area (Å²) in [7, 11) is 0. The van der Waals surface area contributed by atoms with Crippen molar-refractivity contribution in [2.24, 2.45) is 11.8 Å². The highest BCUT2D eigenvalue weighted by Crippen LogP contribution is 2.61. The van der Waals surface area contributed by atoms with Crippen LogP contribution in [0.15, 0.2) is 29.8 Å². The highest BCUT2D eigenvalue weighted by Gasteiger charge is 2.67. The molecule has 5 heterocycles. The smallest absolute Gasteiger partial charge is 0.230 e. The van der Waals surface area contributed by atoms with Crippen molar-refractivity contribution in [2.75, 3.05) is 24.6 Å². The number of ether oxygens (including phenoxy) is 1. The van der Waals surface area contributed by atoms with Gasteiger partial charge in [-0.3, -0.25) is 9.59 Å². The fourth-order valence-corrected chi connectivity index (χ4v) is 6.49. The summed E-state index contributed by atoms with van der Waals surface area (Å²) >= 11 is 0. The van der Waals surface area contributed by atoms with Crippen LogP contribution >= 0.6 is 0 Å². The fraction of sp³-hybridized carbons (Fsp3) is 0.524. The SMILES string of the molecule is O=C1CC2OCC=C3CNCCC45C(=O)CC3C2C4N1c1c(O)cccc15. The van der Waals surface area contributed by atoms with Gasteiger partial charge in [-0.25, -0.2) is 0 Å². The van der Waals surface area contributed by atoms with Gasteiger partial charge in [0.05, 0.1) is 36.3 Å². The van der Waals surface area contributed by atoms with Crippen LogP contribution in [0.4, 0.5) is 5.69 Å². The summed E-state index contributed by atoms with van der Waals surface area (Å²) in [5.74, 6) is 0.428. The van der Waals surface area contributed by atoms with Gasteiger partial charge in [0, 0.05) is 18.9 Å². The number of hydrogen-bond donors (Lipinski definition) is 2. The zero-order chi connectivity index (χ0) is 18.3. The molecular formula is C21H22N2O4. The molecule has 6 heteroatoms. The maximum atomic E-state index is 13.7. The molecule has 1 spiro atoms. The van der Waals surface area contributed by atoms with Gasteiger partial charge in [0.1, 0.15) is 11.5 Å². The molecule has 2 N–H and O–H groups in total. The summed E-state index contributed by atoms with van der Waals surface area (Å²) in [5, 5.41) is 14.1. The molecule has 1 amide bonds. The Kier molecular flexibility index (Phi) is 3.05. The molecule has 0 aromatic heterocycles. The van der Waals surface area contributed by atoms with Crippen molar-refractivity contribution in [3.63, 3.8) is 0 Å². The number of rotatable bonds is 0. The molecule has 1 saturated carbocycles. The third kappa shape index (κ3) is 1.78. The van der Waals surface area contributed by atoms with Crippen LogP contribution in [0, 0.1) is 11.8 Å². The zero-order valence-electron chi connectivity index (χ0n) is 15.0. The Morgan fingerprint density at radius 1 is 1.26 bits per heavy atom. The molecule has 5 atom stereocenters. The summed E-state index contributed by atoms with van der Waals surface area (Å²) in [5.41, 5.74) is 1.86. The lowest BCUT2D eigenvalue weighted by Gasteiger charge is -2.53. The Hall–Kier alpha value is -2.18. The summed E-state index contributed by atoms with van der Waals surface area (Å²) in [6.45, 7) is 1.98. The van der Waals surface area contributed by atoms with Crippen molar-refractivity contribution in [3.8, 4) is 5.75 Å². The first-order valence-electron chi connectivity index (χ1n) is 9.82. The van der Waals surface area contributed by atoms with Crippen molar-refractivity contribution >= 4 is 17.4 Å². The molecule has 4 fully saturated rings. The van der Waals surface area contributed by atoms with Gasteiger partial charge in [-0.2, -0.15) is 0 Å². The molecule has 27 heavy (non-hydrogen) atoms. The summed E-state index contributed by atoms with van der Waals surface area (Å²) < 4.78 is 6.12. The van der Waals surface area contributed by atoms with Gasteiger partial charge in [-0.1, -0.05) is 23.8 Å². The predicted octanol–water partition coefficient (Wildman–Crippen LogP) is 1.27. The van der Waals surface area contributed by atoms with Gasteiger partial charge in [0.15, 0.2) is 0 Å². The van der Waals surface area contributed by atoms with Gasteiger partial charge in [0.2, 0.25) is 5.91 Å². The molecule has 0 radical (unpaired) electrons. The second kappa shape index (κ2) is 5.20. The van der Waals surface area contributed by atoms with Crippen LogP contribution in [-0.4, -0.2) is 48.6 Å². The molecular weight excluding hydrogens is 344 g/mol. The number of nitrogens with one attached hydrogen (secondary N) is 1. The Morgan fingerprint density at radius 2 is 2.15 bits per heavy atom. The zero-order valence-corrected chi connectivity index (χ0v) is 15.0. The normalized spacial score (nSPS) is 39.3. The quantitative estimate of drug-likeness (QED) is 0.676. The number of para-hydroxylation sites is 1. The molecule has 5 unspecified atom stereocenters. The first-order valence-corrected chi connectivity index (χ1v) is 9.82. The first-order chi connectivity index (χ1) is 13.1. The minimum absolute atomic E-state index is 0.0463. The van der Waals surface area contributed by atoms with E-state index in [-0.39, 0.29) is 41.4 Å². The van der Waals surface area contributed by atoms with E-state index in [4.69, 9.17) is 4.74 Å². The number of amides is 1. The molecule has 4 bridgehead atoms. The minimum Gasteiger partial charge on any atom is -0.506 e. The molecule has 5 aliphatic heterocycles. The Labute approximate surface area is 157 Å². The number of Topliss-reactive ketones (excluding diaryl/α,β-unsaturated/α-hetero) is 1. The van der Waals surface area contributed by atoms with Crippen molar-refractivity contribution < 1.29 is 19.4 Å². The fourth-order valence-electron chi connectivity index (χ4n) is 6.49. The lowest BCUT2D eigenvalue weighted by Crippen LogP contribution is -2.66. The monoisotopic (exact) mass is 366 g/mol. The summed E-state index contributed by atoms with van der Waals surface area (Å²) in [4.78, 5) is 28.6. The lowest BCUT2D eigenvalue weighted by atomic mass is 9.55. The highest BCUT2D eigenvalue weighted by molar-refractivity contribution is 6.07. The number of fused-ring (bicyclic) bond motifs is 6. The third-order valence-corrected chi connectivity index (χ3v) is 7.48. The minimum atomic E-state index is -0.750. The lowest BCUT2D eigenvalue weighted by molar-refractivity contribution is -0.140. The van der Waals surface area contributed by atoms with Crippen molar-refractivity contribution in [1.29, 1.82) is 0 Å². The number of carbonyl (C=O) groups is 2. The average Bonchev–Trinajstić information content (AvgIpc) is 2.91. The van der Waals surface area contributed by atoms with Crippen molar-refractivity contribution in [3.05, 3.63) is 35.4 Å². The van der Waals surface area contributed by atoms with Crippen LogP contribution < -0.4 is 10.2 Å². The van der Waals surface area contributed by atoms with E-state index < -0.39 is 5.41 Å².